The Kier molecular flexibility index (Phi) is 6.80. The molecular formula is C13H23NO5. The summed E-state index contributed by atoms with van der Waals surface area (Å²) < 4.78 is 5.77. The van der Waals surface area contributed by atoms with Crippen LogP contribution in [0.1, 0.15) is 39.0 Å². The van der Waals surface area contributed by atoms with Gasteiger partial charge in [0, 0.05) is 12.6 Å². The molecular weight excluding hydrogens is 250 g/mol. The molecule has 1 aliphatic rings. The molecule has 0 heterocycles. The molecule has 0 radical (unpaired) electrons. The Hall–Kier alpha value is -1.14. The lowest BCUT2D eigenvalue weighted by Crippen LogP contribution is -2.46. The van der Waals surface area contributed by atoms with Crippen molar-refractivity contribution in [3.8, 4) is 0 Å². The third kappa shape index (κ3) is 5.57. The molecule has 0 unspecified atom stereocenters. The smallest absolute Gasteiger partial charge is 0.317 e. The van der Waals surface area contributed by atoms with E-state index in [1.807, 2.05) is 0 Å². The summed E-state index contributed by atoms with van der Waals surface area (Å²) in [7, 11) is 0. The molecule has 19 heavy (non-hydrogen) atoms. The maximum Gasteiger partial charge on any atom is 0.317 e. The van der Waals surface area contributed by atoms with E-state index in [-0.39, 0.29) is 25.2 Å². The number of hydrogen-bond donors (Lipinski definition) is 2. The van der Waals surface area contributed by atoms with Crippen LogP contribution in [0.4, 0.5) is 0 Å². The third-order valence-corrected chi connectivity index (χ3v) is 3.39. The Balaban J connectivity index is 2.58. The predicted octanol–water partition coefficient (Wildman–Crippen LogP) is 1.20. The second-order valence-corrected chi connectivity index (χ2v) is 4.95. The van der Waals surface area contributed by atoms with E-state index in [0.717, 1.165) is 32.1 Å². The van der Waals surface area contributed by atoms with Crippen molar-refractivity contribution in [1.82, 2.24) is 4.90 Å². The van der Waals surface area contributed by atoms with E-state index in [1.165, 1.54) is 4.90 Å². The molecule has 110 valence electrons. The molecule has 2 atom stereocenters. The first-order valence-corrected chi connectivity index (χ1v) is 6.83. The normalized spacial score (nSPS) is 22.8. The van der Waals surface area contributed by atoms with Crippen LogP contribution in [0, 0.1) is 0 Å². The largest absolute Gasteiger partial charge is 0.480 e. The average molecular weight is 273 g/mol. The van der Waals surface area contributed by atoms with Gasteiger partial charge in [-0.1, -0.05) is 13.3 Å². The molecule has 0 aliphatic heterocycles. The molecule has 2 N–H and O–H groups in total. The first-order valence-electron chi connectivity index (χ1n) is 6.83. The Morgan fingerprint density at radius 3 is 2.37 bits per heavy atom. The Morgan fingerprint density at radius 2 is 1.84 bits per heavy atom. The summed E-state index contributed by atoms with van der Waals surface area (Å²) in [5, 5.41) is 17.8. The van der Waals surface area contributed by atoms with Crippen LogP contribution in [0.15, 0.2) is 0 Å². The topological polar surface area (TPSA) is 87.1 Å². The van der Waals surface area contributed by atoms with Crippen LogP contribution >= 0.6 is 0 Å². The molecule has 0 amide bonds. The molecule has 1 aliphatic carbocycles. The van der Waals surface area contributed by atoms with Crippen molar-refractivity contribution in [3.05, 3.63) is 0 Å². The van der Waals surface area contributed by atoms with Crippen molar-refractivity contribution in [2.24, 2.45) is 0 Å². The summed E-state index contributed by atoms with van der Waals surface area (Å²) >= 11 is 0. The fourth-order valence-corrected chi connectivity index (χ4v) is 2.54. The molecule has 6 heteroatoms. The predicted molar refractivity (Wildman–Crippen MR) is 69.1 cm³/mol. The average Bonchev–Trinajstić information content (AvgIpc) is 2.75. The summed E-state index contributed by atoms with van der Waals surface area (Å²) in [4.78, 5) is 23.2. The fourth-order valence-electron chi connectivity index (χ4n) is 2.54. The van der Waals surface area contributed by atoms with Crippen molar-refractivity contribution in [2.75, 3.05) is 19.7 Å². The number of rotatable bonds is 9. The van der Waals surface area contributed by atoms with Crippen molar-refractivity contribution in [1.29, 1.82) is 0 Å². The van der Waals surface area contributed by atoms with Crippen molar-refractivity contribution in [3.63, 3.8) is 0 Å². The van der Waals surface area contributed by atoms with Crippen LogP contribution in [0.3, 0.4) is 0 Å². The number of nitrogens with zero attached hydrogens (tertiary/aromatic N) is 1. The van der Waals surface area contributed by atoms with Gasteiger partial charge in [0.1, 0.15) is 0 Å². The molecule has 0 aromatic heterocycles. The summed E-state index contributed by atoms with van der Waals surface area (Å²) in [5.74, 6) is -2.00. The van der Waals surface area contributed by atoms with E-state index in [4.69, 9.17) is 14.9 Å². The van der Waals surface area contributed by atoms with Crippen LogP contribution in [0.2, 0.25) is 0 Å². The van der Waals surface area contributed by atoms with E-state index in [1.54, 1.807) is 0 Å². The summed E-state index contributed by atoms with van der Waals surface area (Å²) in [5.41, 5.74) is 0. The lowest BCUT2D eigenvalue weighted by Gasteiger charge is -2.30. The monoisotopic (exact) mass is 273 g/mol. The van der Waals surface area contributed by atoms with Gasteiger partial charge in [-0.25, -0.2) is 0 Å². The first kappa shape index (κ1) is 15.9. The minimum absolute atomic E-state index is 0.0368. The minimum atomic E-state index is -1.000. The standard InChI is InChI=1S/C13H23NO5/c1-2-3-7-19-11-6-4-5-10(11)14(8-12(15)16)9-13(17)18/h10-11H,2-9H2,1H3,(H,15,16)(H,17,18)/t10-,11-/m0/s1. The number of ether oxygens (including phenoxy) is 1. The third-order valence-electron chi connectivity index (χ3n) is 3.39. The molecule has 1 rings (SSSR count). The number of aliphatic carboxylic acids is 2. The van der Waals surface area contributed by atoms with Gasteiger partial charge in [0.2, 0.25) is 0 Å². The molecule has 0 bridgehead atoms. The molecule has 0 saturated heterocycles. The second-order valence-electron chi connectivity index (χ2n) is 4.95. The van der Waals surface area contributed by atoms with Crippen LogP contribution in [0.25, 0.3) is 0 Å². The minimum Gasteiger partial charge on any atom is -0.480 e. The number of carboxylic acids is 2. The van der Waals surface area contributed by atoms with Gasteiger partial charge >= 0.3 is 11.9 Å². The van der Waals surface area contributed by atoms with E-state index in [2.05, 4.69) is 6.92 Å². The van der Waals surface area contributed by atoms with Gasteiger partial charge in [-0.15, -0.1) is 0 Å². The summed E-state index contributed by atoms with van der Waals surface area (Å²) in [6.45, 7) is 2.25. The Bertz CT molecular complexity index is 291. The van der Waals surface area contributed by atoms with Crippen LogP contribution in [-0.4, -0.2) is 58.9 Å². The summed E-state index contributed by atoms with van der Waals surface area (Å²) in [6, 6.07) is -0.0935. The maximum absolute atomic E-state index is 10.8. The zero-order valence-corrected chi connectivity index (χ0v) is 11.4. The second kappa shape index (κ2) is 8.12. The van der Waals surface area contributed by atoms with Gasteiger partial charge in [0.25, 0.3) is 0 Å². The highest BCUT2D eigenvalue weighted by Gasteiger charge is 2.34. The quantitative estimate of drug-likeness (QED) is 0.614. The van der Waals surface area contributed by atoms with Gasteiger partial charge in [-0.3, -0.25) is 14.5 Å². The number of unbranched alkanes of at least 4 members (excludes halogenated alkanes) is 1. The number of hydrogen-bond acceptors (Lipinski definition) is 4. The molecule has 6 nitrogen and oxygen atoms in total. The van der Waals surface area contributed by atoms with Crippen molar-refractivity contribution >= 4 is 11.9 Å². The number of carbonyl (C=O) groups is 2. The SMILES string of the molecule is CCCCO[C@H]1CCC[C@@H]1N(CC(=O)O)CC(=O)O. The van der Waals surface area contributed by atoms with Gasteiger partial charge in [0.05, 0.1) is 19.2 Å². The molecule has 1 fully saturated rings. The van der Waals surface area contributed by atoms with Gasteiger partial charge in [0.15, 0.2) is 0 Å². The lowest BCUT2D eigenvalue weighted by molar-refractivity contribution is -0.144. The Labute approximate surface area is 113 Å². The highest BCUT2D eigenvalue weighted by Crippen LogP contribution is 2.27. The van der Waals surface area contributed by atoms with E-state index < -0.39 is 11.9 Å². The van der Waals surface area contributed by atoms with E-state index in [9.17, 15) is 9.59 Å². The van der Waals surface area contributed by atoms with Gasteiger partial charge in [-0.05, 0) is 25.7 Å². The lowest BCUT2D eigenvalue weighted by atomic mass is 10.1. The Morgan fingerprint density at radius 1 is 1.21 bits per heavy atom. The first-order chi connectivity index (χ1) is 9.04. The maximum atomic E-state index is 10.8. The van der Waals surface area contributed by atoms with Gasteiger partial charge < -0.3 is 14.9 Å². The van der Waals surface area contributed by atoms with E-state index >= 15 is 0 Å². The highest BCUT2D eigenvalue weighted by molar-refractivity contribution is 5.72. The zero-order valence-electron chi connectivity index (χ0n) is 11.4. The van der Waals surface area contributed by atoms with E-state index in [0.29, 0.717) is 6.61 Å². The fraction of sp³-hybridized carbons (Fsp3) is 0.846. The highest BCUT2D eigenvalue weighted by atomic mass is 16.5. The molecule has 0 spiro atoms. The molecule has 0 aromatic carbocycles. The van der Waals surface area contributed by atoms with Crippen LogP contribution in [-0.2, 0) is 14.3 Å². The molecule has 0 aromatic rings. The molecule has 1 saturated carbocycles. The van der Waals surface area contributed by atoms with Crippen molar-refractivity contribution < 1.29 is 24.5 Å². The van der Waals surface area contributed by atoms with Crippen LogP contribution < -0.4 is 0 Å². The number of carboxylic acid groups (broad SMARTS) is 2. The summed E-state index contributed by atoms with van der Waals surface area (Å²) in [6.07, 6.45) is 4.62. The van der Waals surface area contributed by atoms with Crippen molar-refractivity contribution in [2.45, 2.75) is 51.2 Å². The van der Waals surface area contributed by atoms with Gasteiger partial charge in [-0.2, -0.15) is 0 Å². The zero-order chi connectivity index (χ0) is 14.3. The van der Waals surface area contributed by atoms with Crippen LogP contribution in [0.5, 0.6) is 0 Å².